The largest absolute Gasteiger partial charge is 0.451 e. The van der Waals surface area contributed by atoms with Gasteiger partial charge < -0.3 is 10.1 Å². The first kappa shape index (κ1) is 17.1. The van der Waals surface area contributed by atoms with Gasteiger partial charge in [0.1, 0.15) is 5.69 Å². The number of halogens is 1. The fourth-order valence-corrected chi connectivity index (χ4v) is 2.31. The van der Waals surface area contributed by atoms with Gasteiger partial charge in [-0.05, 0) is 36.2 Å². The molecule has 0 saturated heterocycles. The average Bonchev–Trinajstić information content (AvgIpc) is 2.59. The molecule has 0 radical (unpaired) electrons. The minimum atomic E-state index is -0.613. The third kappa shape index (κ3) is 5.17. The molecule has 1 aromatic heterocycles. The van der Waals surface area contributed by atoms with E-state index in [9.17, 15) is 9.59 Å². The van der Waals surface area contributed by atoms with Crippen LogP contribution in [0.2, 0.25) is 0 Å². The second kappa shape index (κ2) is 8.43. The van der Waals surface area contributed by atoms with E-state index in [0.29, 0.717) is 0 Å². The normalized spacial score (nSPS) is 11.6. The second-order valence-corrected chi connectivity index (χ2v) is 5.79. The molecule has 0 fully saturated rings. The molecule has 5 nitrogen and oxygen atoms in total. The number of rotatable bonds is 6. The summed E-state index contributed by atoms with van der Waals surface area (Å²) in [6, 6.07) is 12.5. The van der Waals surface area contributed by atoms with Gasteiger partial charge in [-0.15, -0.1) is 0 Å². The van der Waals surface area contributed by atoms with E-state index in [1.54, 1.807) is 12.1 Å². The van der Waals surface area contributed by atoms with Crippen molar-refractivity contribution in [2.75, 3.05) is 6.61 Å². The molecule has 0 unspecified atom stereocenters. The zero-order valence-corrected chi connectivity index (χ0v) is 14.2. The highest BCUT2D eigenvalue weighted by Gasteiger charge is 2.15. The number of hydrogen-bond acceptors (Lipinski definition) is 4. The van der Waals surface area contributed by atoms with E-state index in [1.807, 2.05) is 31.2 Å². The number of pyridine rings is 1. The quantitative estimate of drug-likeness (QED) is 0.785. The maximum Gasteiger partial charge on any atom is 0.357 e. The third-order valence-electron chi connectivity index (χ3n) is 3.22. The molecule has 0 spiro atoms. The number of amides is 1. The van der Waals surface area contributed by atoms with Gasteiger partial charge in [-0.3, -0.25) is 4.79 Å². The van der Waals surface area contributed by atoms with E-state index in [2.05, 4.69) is 26.2 Å². The smallest absolute Gasteiger partial charge is 0.357 e. The van der Waals surface area contributed by atoms with Gasteiger partial charge in [0.05, 0.1) is 6.04 Å². The van der Waals surface area contributed by atoms with E-state index >= 15 is 0 Å². The predicted molar refractivity (Wildman–Crippen MR) is 89.8 cm³/mol. The second-order valence-electron chi connectivity index (χ2n) is 4.87. The molecule has 0 aliphatic heterocycles. The Morgan fingerprint density at radius 1 is 1.22 bits per heavy atom. The van der Waals surface area contributed by atoms with Crippen LogP contribution in [0.4, 0.5) is 0 Å². The summed E-state index contributed by atoms with van der Waals surface area (Å²) < 4.78 is 5.95. The van der Waals surface area contributed by atoms with Crippen molar-refractivity contribution in [2.45, 2.75) is 19.4 Å². The minimum absolute atomic E-state index is 0.121. The van der Waals surface area contributed by atoms with Crippen LogP contribution in [0.25, 0.3) is 0 Å². The molecule has 1 atom stereocenters. The Morgan fingerprint density at radius 2 is 1.96 bits per heavy atom. The first-order valence-corrected chi connectivity index (χ1v) is 8.02. The van der Waals surface area contributed by atoms with Crippen LogP contribution in [0.3, 0.4) is 0 Å². The SMILES string of the molecule is CC[C@H](NC(=O)COC(=O)c1ccccn1)c1ccc(Br)cc1. The summed E-state index contributed by atoms with van der Waals surface area (Å²) in [6.45, 7) is 1.65. The Kier molecular flexibility index (Phi) is 6.29. The summed E-state index contributed by atoms with van der Waals surface area (Å²) >= 11 is 3.38. The summed E-state index contributed by atoms with van der Waals surface area (Å²) in [6.07, 6.45) is 2.23. The van der Waals surface area contributed by atoms with Crippen molar-refractivity contribution in [2.24, 2.45) is 0 Å². The van der Waals surface area contributed by atoms with Gasteiger partial charge in [0, 0.05) is 10.7 Å². The number of aromatic nitrogens is 1. The molecule has 2 rings (SSSR count). The van der Waals surface area contributed by atoms with Crippen molar-refractivity contribution in [1.82, 2.24) is 10.3 Å². The van der Waals surface area contributed by atoms with Gasteiger partial charge in [0.25, 0.3) is 5.91 Å². The monoisotopic (exact) mass is 376 g/mol. The molecular weight excluding hydrogens is 360 g/mol. The van der Waals surface area contributed by atoms with Gasteiger partial charge in [-0.2, -0.15) is 0 Å². The van der Waals surface area contributed by atoms with E-state index in [-0.39, 0.29) is 24.2 Å². The maximum absolute atomic E-state index is 12.0. The molecule has 6 heteroatoms. The first-order valence-electron chi connectivity index (χ1n) is 7.23. The van der Waals surface area contributed by atoms with Crippen LogP contribution in [-0.4, -0.2) is 23.5 Å². The summed E-state index contributed by atoms with van der Waals surface area (Å²) in [5.41, 5.74) is 1.18. The third-order valence-corrected chi connectivity index (χ3v) is 3.75. The van der Waals surface area contributed by atoms with Crippen molar-refractivity contribution >= 4 is 27.8 Å². The van der Waals surface area contributed by atoms with Crippen LogP contribution in [0.15, 0.2) is 53.1 Å². The first-order chi connectivity index (χ1) is 11.1. The van der Waals surface area contributed by atoms with Gasteiger partial charge in [0.2, 0.25) is 0 Å². The lowest BCUT2D eigenvalue weighted by molar-refractivity contribution is -0.125. The van der Waals surface area contributed by atoms with Gasteiger partial charge in [0.15, 0.2) is 6.61 Å². The maximum atomic E-state index is 12.0. The number of carbonyl (C=O) groups is 2. The molecule has 1 N–H and O–H groups in total. The highest BCUT2D eigenvalue weighted by molar-refractivity contribution is 9.10. The van der Waals surface area contributed by atoms with Gasteiger partial charge >= 0.3 is 5.97 Å². The van der Waals surface area contributed by atoms with E-state index in [0.717, 1.165) is 16.5 Å². The lowest BCUT2D eigenvalue weighted by atomic mass is 10.0. The fourth-order valence-electron chi connectivity index (χ4n) is 2.04. The highest BCUT2D eigenvalue weighted by Crippen LogP contribution is 2.19. The van der Waals surface area contributed by atoms with Crippen molar-refractivity contribution < 1.29 is 14.3 Å². The van der Waals surface area contributed by atoms with E-state index in [4.69, 9.17) is 4.74 Å². The Balaban J connectivity index is 1.88. The van der Waals surface area contributed by atoms with E-state index < -0.39 is 5.97 Å². The lowest BCUT2D eigenvalue weighted by Crippen LogP contribution is -2.32. The van der Waals surface area contributed by atoms with Crippen LogP contribution in [0, 0.1) is 0 Å². The zero-order valence-electron chi connectivity index (χ0n) is 12.7. The summed E-state index contributed by atoms with van der Waals surface area (Å²) in [4.78, 5) is 27.6. The molecule has 0 saturated carbocycles. The number of carbonyl (C=O) groups excluding carboxylic acids is 2. The minimum Gasteiger partial charge on any atom is -0.451 e. The number of ether oxygens (including phenoxy) is 1. The summed E-state index contributed by atoms with van der Waals surface area (Å²) in [5.74, 6) is -0.957. The Bertz CT molecular complexity index is 659. The number of nitrogens with zero attached hydrogens (tertiary/aromatic N) is 1. The van der Waals surface area contributed by atoms with Gasteiger partial charge in [-0.1, -0.05) is 41.1 Å². The molecule has 1 heterocycles. The van der Waals surface area contributed by atoms with Crippen LogP contribution >= 0.6 is 15.9 Å². The Morgan fingerprint density at radius 3 is 2.57 bits per heavy atom. The predicted octanol–water partition coefficient (Wildman–Crippen LogP) is 3.27. The molecular formula is C17H17BrN2O3. The molecule has 23 heavy (non-hydrogen) atoms. The Hall–Kier alpha value is -2.21. The van der Waals surface area contributed by atoms with Crippen LogP contribution in [0.5, 0.6) is 0 Å². The highest BCUT2D eigenvalue weighted by atomic mass is 79.9. The number of hydrogen-bond donors (Lipinski definition) is 1. The standard InChI is InChI=1S/C17H17BrN2O3/c1-2-14(12-6-8-13(18)9-7-12)20-16(21)11-23-17(22)15-5-3-4-10-19-15/h3-10,14H,2,11H2,1H3,(H,20,21)/t14-/m0/s1. The van der Waals surface area contributed by atoms with Crippen LogP contribution in [-0.2, 0) is 9.53 Å². The van der Waals surface area contributed by atoms with Crippen molar-refractivity contribution in [3.63, 3.8) is 0 Å². The molecule has 1 amide bonds. The molecule has 120 valence electrons. The fraction of sp³-hybridized carbons (Fsp3) is 0.235. The van der Waals surface area contributed by atoms with E-state index in [1.165, 1.54) is 12.3 Å². The molecule has 0 aliphatic carbocycles. The number of benzene rings is 1. The van der Waals surface area contributed by atoms with Crippen molar-refractivity contribution in [3.05, 3.63) is 64.4 Å². The molecule has 0 aliphatic rings. The van der Waals surface area contributed by atoms with Gasteiger partial charge in [-0.25, -0.2) is 9.78 Å². The molecule has 0 bridgehead atoms. The van der Waals surface area contributed by atoms with Crippen molar-refractivity contribution in [3.8, 4) is 0 Å². The molecule has 2 aromatic rings. The number of esters is 1. The summed E-state index contributed by atoms with van der Waals surface area (Å²) in [5, 5.41) is 2.86. The average molecular weight is 377 g/mol. The molecule has 1 aromatic carbocycles. The zero-order chi connectivity index (χ0) is 16.7. The Labute approximate surface area is 143 Å². The number of nitrogens with one attached hydrogen (secondary N) is 1. The van der Waals surface area contributed by atoms with Crippen LogP contribution < -0.4 is 5.32 Å². The lowest BCUT2D eigenvalue weighted by Gasteiger charge is -2.17. The van der Waals surface area contributed by atoms with Crippen LogP contribution in [0.1, 0.15) is 35.4 Å². The topological polar surface area (TPSA) is 68.3 Å². The van der Waals surface area contributed by atoms with Crippen molar-refractivity contribution in [1.29, 1.82) is 0 Å². The summed E-state index contributed by atoms with van der Waals surface area (Å²) in [7, 11) is 0.